The number of ether oxygens (including phenoxy) is 1. The Hall–Kier alpha value is -1.40. The third-order valence-electron chi connectivity index (χ3n) is 3.87. The summed E-state index contributed by atoms with van der Waals surface area (Å²) in [6.07, 6.45) is 2.81. The molecule has 1 aliphatic heterocycles. The summed E-state index contributed by atoms with van der Waals surface area (Å²) >= 11 is 0. The molecular weight excluding hydrogens is 300 g/mol. The molecule has 2 rings (SSSR count). The molecule has 0 bridgehead atoms. The van der Waals surface area contributed by atoms with E-state index in [0.29, 0.717) is 29.0 Å². The lowest BCUT2D eigenvalue weighted by Crippen LogP contribution is -2.37. The van der Waals surface area contributed by atoms with E-state index < -0.39 is 10.8 Å². The summed E-state index contributed by atoms with van der Waals surface area (Å²) in [7, 11) is -1.06. The summed E-state index contributed by atoms with van der Waals surface area (Å²) < 4.78 is 17.2. The van der Waals surface area contributed by atoms with Gasteiger partial charge in [-0.2, -0.15) is 0 Å². The minimum atomic E-state index is -1.06. The molecule has 0 spiro atoms. The summed E-state index contributed by atoms with van der Waals surface area (Å²) in [5.41, 5.74) is 0.647. The van der Waals surface area contributed by atoms with Crippen molar-refractivity contribution in [2.24, 2.45) is 11.8 Å². The van der Waals surface area contributed by atoms with Crippen molar-refractivity contribution in [3.05, 3.63) is 24.3 Å². The average molecular weight is 324 g/mol. The molecule has 1 aliphatic rings. The number of benzene rings is 1. The highest BCUT2D eigenvalue weighted by Crippen LogP contribution is 2.26. The molecule has 122 valence electrons. The number of rotatable bonds is 5. The van der Waals surface area contributed by atoms with E-state index in [1.165, 1.54) is 0 Å². The second-order valence-electron chi connectivity index (χ2n) is 5.95. The van der Waals surface area contributed by atoms with Gasteiger partial charge >= 0.3 is 6.03 Å². The number of carbonyl (C=O) groups is 1. The number of hydrogen-bond donors (Lipinski definition) is 2. The molecule has 0 radical (unpaired) electrons. The molecule has 6 heteroatoms. The van der Waals surface area contributed by atoms with E-state index >= 15 is 0 Å². The van der Waals surface area contributed by atoms with Crippen LogP contribution in [0.15, 0.2) is 29.2 Å². The number of amides is 2. The molecule has 2 amide bonds. The molecule has 3 atom stereocenters. The topological polar surface area (TPSA) is 67.4 Å². The van der Waals surface area contributed by atoms with Crippen molar-refractivity contribution in [3.8, 4) is 0 Å². The number of carbonyl (C=O) groups excluding carboxylic acids is 1. The first-order chi connectivity index (χ1) is 10.5. The number of anilines is 1. The zero-order valence-corrected chi connectivity index (χ0v) is 14.1. The monoisotopic (exact) mass is 324 g/mol. The van der Waals surface area contributed by atoms with Crippen LogP contribution in [0.2, 0.25) is 0 Å². The largest absolute Gasteiger partial charge is 0.378 e. The van der Waals surface area contributed by atoms with Crippen LogP contribution in [0.4, 0.5) is 10.5 Å². The first-order valence-electron chi connectivity index (χ1n) is 7.57. The Bertz CT molecular complexity index is 548. The SMILES string of the molecule is CC(C)C1OCCC1CNC(=O)Nc1cccc(S(C)=O)c1. The smallest absolute Gasteiger partial charge is 0.319 e. The highest BCUT2D eigenvalue weighted by Gasteiger charge is 2.30. The lowest BCUT2D eigenvalue weighted by Gasteiger charge is -2.22. The second-order valence-corrected chi connectivity index (χ2v) is 7.32. The molecule has 1 heterocycles. The molecule has 5 nitrogen and oxygen atoms in total. The van der Waals surface area contributed by atoms with Gasteiger partial charge in [0, 0.05) is 46.7 Å². The first-order valence-corrected chi connectivity index (χ1v) is 9.13. The van der Waals surface area contributed by atoms with Gasteiger partial charge < -0.3 is 15.4 Å². The molecule has 1 fully saturated rings. The Morgan fingerprint density at radius 3 is 2.91 bits per heavy atom. The van der Waals surface area contributed by atoms with Gasteiger partial charge in [0.25, 0.3) is 0 Å². The predicted octanol–water partition coefficient (Wildman–Crippen LogP) is 2.61. The van der Waals surface area contributed by atoms with E-state index in [2.05, 4.69) is 24.5 Å². The molecule has 2 N–H and O–H groups in total. The zero-order valence-electron chi connectivity index (χ0n) is 13.3. The maximum Gasteiger partial charge on any atom is 0.319 e. The molecule has 1 saturated heterocycles. The van der Waals surface area contributed by atoms with Crippen LogP contribution in [0.5, 0.6) is 0 Å². The molecule has 3 unspecified atom stereocenters. The lowest BCUT2D eigenvalue weighted by atomic mass is 9.93. The minimum Gasteiger partial charge on any atom is -0.378 e. The van der Waals surface area contributed by atoms with E-state index in [9.17, 15) is 9.00 Å². The fraction of sp³-hybridized carbons (Fsp3) is 0.562. The van der Waals surface area contributed by atoms with Crippen LogP contribution in [0.1, 0.15) is 20.3 Å². The quantitative estimate of drug-likeness (QED) is 0.875. The second kappa shape index (κ2) is 7.74. The van der Waals surface area contributed by atoms with Gasteiger partial charge in [-0.15, -0.1) is 0 Å². The first kappa shape index (κ1) is 17.0. The van der Waals surface area contributed by atoms with Crippen molar-refractivity contribution in [1.29, 1.82) is 0 Å². The van der Waals surface area contributed by atoms with Crippen molar-refractivity contribution in [2.75, 3.05) is 24.7 Å². The van der Waals surface area contributed by atoms with E-state index in [1.807, 2.05) is 0 Å². The summed E-state index contributed by atoms with van der Waals surface area (Å²) in [5.74, 6) is 0.814. The van der Waals surface area contributed by atoms with Gasteiger partial charge in [0.1, 0.15) is 0 Å². The third-order valence-corrected chi connectivity index (χ3v) is 4.79. The normalized spacial score (nSPS) is 22.5. The Kier molecular flexibility index (Phi) is 5.97. The zero-order chi connectivity index (χ0) is 16.1. The van der Waals surface area contributed by atoms with Crippen LogP contribution in [-0.2, 0) is 15.5 Å². The summed E-state index contributed by atoms with van der Waals surface area (Å²) in [6, 6.07) is 6.83. The van der Waals surface area contributed by atoms with Gasteiger partial charge in [-0.25, -0.2) is 4.79 Å². The molecule has 0 saturated carbocycles. The fourth-order valence-electron chi connectivity index (χ4n) is 2.76. The van der Waals surface area contributed by atoms with Crippen molar-refractivity contribution in [2.45, 2.75) is 31.3 Å². The molecule has 0 aromatic heterocycles. The van der Waals surface area contributed by atoms with Crippen LogP contribution in [0, 0.1) is 11.8 Å². The van der Waals surface area contributed by atoms with E-state index in [4.69, 9.17) is 4.74 Å². The predicted molar refractivity (Wildman–Crippen MR) is 88.5 cm³/mol. The average Bonchev–Trinajstić information content (AvgIpc) is 2.94. The highest BCUT2D eigenvalue weighted by atomic mass is 32.2. The van der Waals surface area contributed by atoms with Crippen molar-refractivity contribution in [3.63, 3.8) is 0 Å². The molecule has 1 aromatic rings. The van der Waals surface area contributed by atoms with Gasteiger partial charge in [-0.1, -0.05) is 19.9 Å². The Morgan fingerprint density at radius 2 is 2.23 bits per heavy atom. The van der Waals surface area contributed by atoms with E-state index in [-0.39, 0.29) is 12.1 Å². The Labute approximate surface area is 134 Å². The van der Waals surface area contributed by atoms with Crippen molar-refractivity contribution in [1.82, 2.24) is 5.32 Å². The van der Waals surface area contributed by atoms with Gasteiger partial charge in [0.2, 0.25) is 0 Å². The summed E-state index contributed by atoms with van der Waals surface area (Å²) in [6.45, 7) is 5.65. The maximum atomic E-state index is 12.0. The molecular formula is C16H24N2O3S. The molecule has 0 aliphatic carbocycles. The van der Waals surface area contributed by atoms with Gasteiger partial charge in [0.05, 0.1) is 6.10 Å². The van der Waals surface area contributed by atoms with Crippen LogP contribution < -0.4 is 10.6 Å². The maximum absolute atomic E-state index is 12.0. The summed E-state index contributed by atoms with van der Waals surface area (Å²) in [4.78, 5) is 12.7. The van der Waals surface area contributed by atoms with Crippen molar-refractivity contribution >= 4 is 22.5 Å². The van der Waals surface area contributed by atoms with E-state index in [0.717, 1.165) is 13.0 Å². The third kappa shape index (κ3) is 4.55. The van der Waals surface area contributed by atoms with Crippen LogP contribution in [0.25, 0.3) is 0 Å². The molecule has 1 aromatic carbocycles. The van der Waals surface area contributed by atoms with Crippen molar-refractivity contribution < 1.29 is 13.7 Å². The number of nitrogens with one attached hydrogen (secondary N) is 2. The highest BCUT2D eigenvalue weighted by molar-refractivity contribution is 7.84. The van der Waals surface area contributed by atoms with E-state index in [1.54, 1.807) is 30.5 Å². The summed E-state index contributed by atoms with van der Waals surface area (Å²) in [5, 5.41) is 5.68. The number of urea groups is 1. The van der Waals surface area contributed by atoms with Gasteiger partial charge in [0.15, 0.2) is 0 Å². The van der Waals surface area contributed by atoms with Crippen LogP contribution in [0.3, 0.4) is 0 Å². The lowest BCUT2D eigenvalue weighted by molar-refractivity contribution is 0.0546. The standard InChI is InChI=1S/C16H24N2O3S/c1-11(2)15-12(7-8-21-15)10-17-16(19)18-13-5-4-6-14(9-13)22(3)20/h4-6,9,11-12,15H,7-8,10H2,1-3H3,(H2,17,18,19). The Balaban J connectivity index is 1.85. The van der Waals surface area contributed by atoms with Crippen LogP contribution in [-0.4, -0.2) is 35.8 Å². The van der Waals surface area contributed by atoms with Gasteiger partial charge in [-0.3, -0.25) is 4.21 Å². The fourth-order valence-corrected chi connectivity index (χ4v) is 3.33. The van der Waals surface area contributed by atoms with Crippen LogP contribution >= 0.6 is 0 Å². The molecule has 22 heavy (non-hydrogen) atoms. The minimum absolute atomic E-state index is 0.214. The van der Waals surface area contributed by atoms with Gasteiger partial charge in [-0.05, 0) is 30.5 Å². The number of hydrogen-bond acceptors (Lipinski definition) is 3. The Morgan fingerprint density at radius 1 is 1.45 bits per heavy atom.